The van der Waals surface area contributed by atoms with Gasteiger partial charge in [-0.25, -0.2) is 32.9 Å². The van der Waals surface area contributed by atoms with Crippen LogP contribution >= 0.6 is 11.3 Å². The Kier molecular flexibility index (Phi) is 7.07. The normalized spacial score (nSPS) is 11.2. The van der Waals surface area contributed by atoms with Gasteiger partial charge >= 0.3 is 5.97 Å². The van der Waals surface area contributed by atoms with Crippen molar-refractivity contribution in [2.24, 2.45) is 0 Å². The Morgan fingerprint density at radius 1 is 0.868 bits per heavy atom. The molecule has 0 radical (unpaired) electrons. The molecule has 0 saturated heterocycles. The van der Waals surface area contributed by atoms with Crippen LogP contribution in [-0.4, -0.2) is 41.9 Å². The van der Waals surface area contributed by atoms with Gasteiger partial charge in [-0.05, 0) is 48.5 Å². The number of hydrogen-bond donors (Lipinski definition) is 2. The molecule has 0 unspecified atom stereocenters. The van der Waals surface area contributed by atoms with Crippen molar-refractivity contribution in [3.8, 4) is 10.6 Å². The SMILES string of the molecule is O=C(COC(=O)c1ccccc1-c1nc2ccccc2s1)Nc1ccc(S(=O)(=O)Nc2ncccn2)cc1. The number of aromatic nitrogens is 3. The molecule has 0 saturated carbocycles. The van der Waals surface area contributed by atoms with Crippen LogP contribution in [0.25, 0.3) is 20.8 Å². The van der Waals surface area contributed by atoms with E-state index in [9.17, 15) is 18.0 Å². The molecule has 0 atom stereocenters. The highest BCUT2D eigenvalue weighted by Gasteiger charge is 2.19. The number of benzene rings is 3. The fourth-order valence-electron chi connectivity index (χ4n) is 3.49. The van der Waals surface area contributed by atoms with E-state index < -0.39 is 28.5 Å². The van der Waals surface area contributed by atoms with Crippen LogP contribution in [0.5, 0.6) is 0 Å². The average Bonchev–Trinajstić information content (AvgIpc) is 3.37. The summed E-state index contributed by atoms with van der Waals surface area (Å²) in [5, 5.41) is 3.25. The van der Waals surface area contributed by atoms with Crippen LogP contribution in [0.1, 0.15) is 10.4 Å². The van der Waals surface area contributed by atoms with Crippen LogP contribution in [0.15, 0.2) is 96.2 Å². The molecule has 2 N–H and O–H groups in total. The molecule has 12 heteroatoms. The van der Waals surface area contributed by atoms with Gasteiger partial charge in [0.2, 0.25) is 5.95 Å². The topological polar surface area (TPSA) is 140 Å². The molecule has 0 spiro atoms. The molecule has 5 rings (SSSR count). The molecule has 10 nitrogen and oxygen atoms in total. The van der Waals surface area contributed by atoms with E-state index in [1.165, 1.54) is 48.0 Å². The van der Waals surface area contributed by atoms with Gasteiger partial charge in [0.25, 0.3) is 15.9 Å². The molecular formula is C26H19N5O5S2. The van der Waals surface area contributed by atoms with Gasteiger partial charge in [0.1, 0.15) is 5.01 Å². The number of carbonyl (C=O) groups excluding carboxylic acids is 2. The summed E-state index contributed by atoms with van der Waals surface area (Å²) < 4.78 is 33.5. The lowest BCUT2D eigenvalue weighted by Gasteiger charge is -2.10. The van der Waals surface area contributed by atoms with Crippen LogP contribution in [0, 0.1) is 0 Å². The zero-order valence-electron chi connectivity index (χ0n) is 19.6. The Labute approximate surface area is 221 Å². The zero-order chi connectivity index (χ0) is 26.5. The fraction of sp³-hybridized carbons (Fsp3) is 0.0385. The molecule has 3 aromatic carbocycles. The first-order chi connectivity index (χ1) is 18.4. The Bertz CT molecular complexity index is 1690. The molecule has 0 fully saturated rings. The molecule has 0 aliphatic heterocycles. The third-order valence-corrected chi connectivity index (χ3v) is 7.66. The number of sulfonamides is 1. The highest BCUT2D eigenvalue weighted by atomic mass is 32.2. The third-order valence-electron chi connectivity index (χ3n) is 5.25. The van der Waals surface area contributed by atoms with Crippen LogP contribution in [0.2, 0.25) is 0 Å². The standard InChI is InChI=1S/C26H19N5O5S2/c32-23(29-17-10-12-18(13-11-17)38(34,35)31-26-27-14-5-15-28-26)16-36-25(33)20-7-2-1-6-19(20)24-30-21-8-3-4-9-22(21)37-24/h1-15H,16H2,(H,29,32)(H,27,28,31). The molecule has 1 amide bonds. The summed E-state index contributed by atoms with van der Waals surface area (Å²) in [6.45, 7) is -0.528. The predicted molar refractivity (Wildman–Crippen MR) is 143 cm³/mol. The number of thiazole rings is 1. The molecule has 5 aromatic rings. The van der Waals surface area contributed by atoms with E-state index in [1.54, 1.807) is 30.3 Å². The van der Waals surface area contributed by atoms with E-state index in [2.05, 4.69) is 25.0 Å². The number of para-hydroxylation sites is 1. The first-order valence-electron chi connectivity index (χ1n) is 11.2. The average molecular weight is 546 g/mol. The lowest BCUT2D eigenvalue weighted by molar-refractivity contribution is -0.119. The lowest BCUT2D eigenvalue weighted by atomic mass is 10.1. The maximum Gasteiger partial charge on any atom is 0.339 e. The summed E-state index contributed by atoms with van der Waals surface area (Å²) in [5.74, 6) is -1.30. The van der Waals surface area contributed by atoms with Crippen molar-refractivity contribution >= 4 is 55.1 Å². The second kappa shape index (κ2) is 10.7. The van der Waals surface area contributed by atoms with Gasteiger partial charge in [-0.15, -0.1) is 11.3 Å². The monoisotopic (exact) mass is 545 g/mol. The van der Waals surface area contributed by atoms with E-state index in [1.807, 2.05) is 24.3 Å². The van der Waals surface area contributed by atoms with E-state index >= 15 is 0 Å². The van der Waals surface area contributed by atoms with Gasteiger partial charge in [-0.1, -0.05) is 30.3 Å². The summed E-state index contributed by atoms with van der Waals surface area (Å²) in [4.78, 5) is 37.4. The van der Waals surface area contributed by atoms with Gasteiger partial charge in [0.05, 0.1) is 20.7 Å². The van der Waals surface area contributed by atoms with Crippen molar-refractivity contribution in [2.45, 2.75) is 4.90 Å². The Hall–Kier alpha value is -4.68. The van der Waals surface area contributed by atoms with Gasteiger partial charge < -0.3 is 10.1 Å². The van der Waals surface area contributed by atoms with Crippen LogP contribution < -0.4 is 10.0 Å². The minimum absolute atomic E-state index is 0.0409. The van der Waals surface area contributed by atoms with Gasteiger partial charge in [-0.3, -0.25) is 4.79 Å². The smallest absolute Gasteiger partial charge is 0.339 e. The number of ether oxygens (including phenoxy) is 1. The fourth-order valence-corrected chi connectivity index (χ4v) is 5.45. The maximum atomic E-state index is 12.8. The lowest BCUT2D eigenvalue weighted by Crippen LogP contribution is -2.21. The number of esters is 1. The van der Waals surface area contributed by atoms with Crippen molar-refractivity contribution in [1.82, 2.24) is 15.0 Å². The van der Waals surface area contributed by atoms with E-state index in [0.29, 0.717) is 21.8 Å². The van der Waals surface area contributed by atoms with E-state index in [0.717, 1.165) is 10.2 Å². The molecular weight excluding hydrogens is 526 g/mol. The number of nitrogens with zero attached hydrogens (tertiary/aromatic N) is 3. The minimum Gasteiger partial charge on any atom is -0.452 e. The number of anilines is 2. The number of rotatable bonds is 8. The number of fused-ring (bicyclic) bond motifs is 1. The zero-order valence-corrected chi connectivity index (χ0v) is 21.2. The van der Waals surface area contributed by atoms with Crippen LogP contribution in [-0.2, 0) is 19.6 Å². The predicted octanol–water partition coefficient (Wildman–Crippen LogP) is 4.35. The number of amides is 1. The maximum absolute atomic E-state index is 12.8. The van der Waals surface area contributed by atoms with Crippen molar-refractivity contribution in [2.75, 3.05) is 16.6 Å². The second-order valence-electron chi connectivity index (χ2n) is 7.86. The van der Waals surface area contributed by atoms with E-state index in [4.69, 9.17) is 4.74 Å². The molecule has 190 valence electrons. The quantitative estimate of drug-likeness (QED) is 0.274. The largest absolute Gasteiger partial charge is 0.452 e. The summed E-state index contributed by atoms with van der Waals surface area (Å²) in [5.41, 5.74) is 2.07. The summed E-state index contributed by atoms with van der Waals surface area (Å²) >= 11 is 1.46. The summed E-state index contributed by atoms with van der Waals surface area (Å²) in [7, 11) is -3.91. The van der Waals surface area contributed by atoms with Crippen molar-refractivity contribution < 1.29 is 22.7 Å². The third kappa shape index (κ3) is 5.66. The van der Waals surface area contributed by atoms with Crippen molar-refractivity contribution in [3.05, 3.63) is 96.8 Å². The molecule has 2 aromatic heterocycles. The van der Waals surface area contributed by atoms with Gasteiger partial charge in [0.15, 0.2) is 6.61 Å². The van der Waals surface area contributed by atoms with Crippen LogP contribution in [0.4, 0.5) is 11.6 Å². The minimum atomic E-state index is -3.91. The highest BCUT2D eigenvalue weighted by molar-refractivity contribution is 7.92. The highest BCUT2D eigenvalue weighted by Crippen LogP contribution is 2.32. The van der Waals surface area contributed by atoms with E-state index in [-0.39, 0.29) is 10.8 Å². The first kappa shape index (κ1) is 25.0. The Morgan fingerprint density at radius 3 is 2.34 bits per heavy atom. The molecule has 0 bridgehead atoms. The molecule has 0 aliphatic rings. The van der Waals surface area contributed by atoms with Crippen molar-refractivity contribution in [3.63, 3.8) is 0 Å². The Morgan fingerprint density at radius 2 is 1.58 bits per heavy atom. The molecule has 2 heterocycles. The first-order valence-corrected chi connectivity index (χ1v) is 13.5. The molecule has 0 aliphatic carbocycles. The van der Waals surface area contributed by atoms with Crippen LogP contribution in [0.3, 0.4) is 0 Å². The number of hydrogen-bond acceptors (Lipinski definition) is 9. The molecule has 38 heavy (non-hydrogen) atoms. The van der Waals surface area contributed by atoms with Gasteiger partial charge in [-0.2, -0.15) is 0 Å². The number of carbonyl (C=O) groups is 2. The summed E-state index contributed by atoms with van der Waals surface area (Å²) in [6, 6.07) is 21.6. The summed E-state index contributed by atoms with van der Waals surface area (Å²) in [6.07, 6.45) is 2.83. The Balaban J connectivity index is 1.21. The van der Waals surface area contributed by atoms with Gasteiger partial charge in [0, 0.05) is 23.6 Å². The van der Waals surface area contributed by atoms with Crippen molar-refractivity contribution in [1.29, 1.82) is 0 Å². The second-order valence-corrected chi connectivity index (χ2v) is 10.6. The number of nitrogens with one attached hydrogen (secondary N) is 2.